The van der Waals surface area contributed by atoms with E-state index in [0.29, 0.717) is 30.8 Å². The van der Waals surface area contributed by atoms with Crippen molar-refractivity contribution in [2.75, 3.05) is 20.6 Å². The monoisotopic (exact) mass is 418 g/mol. The Hall–Kier alpha value is -3.41. The molecule has 3 aromatic rings. The van der Waals surface area contributed by atoms with E-state index in [9.17, 15) is 9.59 Å². The molecule has 0 fully saturated rings. The predicted molar refractivity (Wildman–Crippen MR) is 122 cm³/mol. The molecule has 0 aliphatic heterocycles. The van der Waals surface area contributed by atoms with Gasteiger partial charge in [0.15, 0.2) is 0 Å². The van der Waals surface area contributed by atoms with Crippen LogP contribution >= 0.6 is 0 Å². The van der Waals surface area contributed by atoms with Crippen molar-refractivity contribution in [1.82, 2.24) is 19.6 Å². The molecule has 0 unspecified atom stereocenters. The zero-order valence-electron chi connectivity index (χ0n) is 18.9. The summed E-state index contributed by atoms with van der Waals surface area (Å²) in [5.74, 6) is -0.0411. The molecule has 0 saturated heterocycles. The van der Waals surface area contributed by atoms with Gasteiger partial charge in [-0.05, 0) is 62.2 Å². The Morgan fingerprint density at radius 1 is 0.903 bits per heavy atom. The molecule has 0 radical (unpaired) electrons. The second-order valence-electron chi connectivity index (χ2n) is 8.00. The van der Waals surface area contributed by atoms with Crippen LogP contribution in [-0.4, -0.2) is 52.0 Å². The van der Waals surface area contributed by atoms with Gasteiger partial charge in [-0.25, -0.2) is 0 Å². The molecule has 162 valence electrons. The Morgan fingerprint density at radius 2 is 1.61 bits per heavy atom. The maximum Gasteiger partial charge on any atom is 0.254 e. The highest BCUT2D eigenvalue weighted by atomic mass is 16.2. The highest BCUT2D eigenvalue weighted by Gasteiger charge is 2.16. The minimum absolute atomic E-state index is 0.00818. The van der Waals surface area contributed by atoms with Crippen LogP contribution in [0.5, 0.6) is 0 Å². The number of hydrogen-bond acceptors (Lipinski definition) is 3. The number of rotatable bonds is 7. The molecule has 0 saturated carbocycles. The van der Waals surface area contributed by atoms with E-state index in [4.69, 9.17) is 0 Å². The van der Waals surface area contributed by atoms with Crippen molar-refractivity contribution in [1.29, 1.82) is 0 Å². The summed E-state index contributed by atoms with van der Waals surface area (Å²) in [7, 11) is 3.47. The molecule has 0 bridgehead atoms. The Bertz CT molecular complexity index is 1070. The van der Waals surface area contributed by atoms with Gasteiger partial charge in [0, 0.05) is 44.0 Å². The van der Waals surface area contributed by atoms with Crippen LogP contribution in [0.4, 0.5) is 0 Å². The van der Waals surface area contributed by atoms with Crippen LogP contribution < -0.4 is 0 Å². The highest BCUT2D eigenvalue weighted by molar-refractivity contribution is 5.95. The number of benzene rings is 2. The lowest BCUT2D eigenvalue weighted by molar-refractivity contribution is 0.0751. The van der Waals surface area contributed by atoms with Crippen LogP contribution in [0.1, 0.15) is 50.2 Å². The SMILES string of the molecule is CCN(Cc1ccc(C(=O)N(C)C)cc1)C(=O)c1cccc(Cn2nc(C)cc2C)c1. The Balaban J connectivity index is 1.73. The number of hydrogen-bond donors (Lipinski definition) is 0. The number of amides is 2. The van der Waals surface area contributed by atoms with E-state index in [1.165, 1.54) is 0 Å². The standard InChI is InChI=1S/C25H30N4O2/c1-6-28(16-20-10-12-22(13-11-20)24(30)27(4)5)25(31)23-9-7-8-21(15-23)17-29-19(3)14-18(2)26-29/h7-15H,6,16-17H2,1-5H3. The topological polar surface area (TPSA) is 58.4 Å². The highest BCUT2D eigenvalue weighted by Crippen LogP contribution is 2.15. The summed E-state index contributed by atoms with van der Waals surface area (Å²) in [4.78, 5) is 28.6. The van der Waals surface area contributed by atoms with Gasteiger partial charge < -0.3 is 9.80 Å². The molecule has 0 N–H and O–H groups in total. The summed E-state index contributed by atoms with van der Waals surface area (Å²) >= 11 is 0. The van der Waals surface area contributed by atoms with Gasteiger partial charge in [0.1, 0.15) is 0 Å². The van der Waals surface area contributed by atoms with Crippen molar-refractivity contribution < 1.29 is 9.59 Å². The van der Waals surface area contributed by atoms with Crippen molar-refractivity contribution in [2.45, 2.75) is 33.9 Å². The van der Waals surface area contributed by atoms with Gasteiger partial charge in [0.25, 0.3) is 11.8 Å². The average Bonchev–Trinajstić information content (AvgIpc) is 3.08. The van der Waals surface area contributed by atoms with Crippen molar-refractivity contribution in [3.05, 3.63) is 88.2 Å². The second-order valence-corrected chi connectivity index (χ2v) is 8.00. The number of aryl methyl sites for hydroxylation is 2. The molecular formula is C25H30N4O2. The molecule has 0 atom stereocenters. The second kappa shape index (κ2) is 9.60. The largest absolute Gasteiger partial charge is 0.345 e. The minimum atomic E-state index is -0.0330. The molecule has 1 heterocycles. The Labute approximate surface area is 184 Å². The van der Waals surface area contributed by atoms with Gasteiger partial charge in [-0.15, -0.1) is 0 Å². The lowest BCUT2D eigenvalue weighted by atomic mass is 10.1. The van der Waals surface area contributed by atoms with Crippen LogP contribution in [0.2, 0.25) is 0 Å². The predicted octanol–water partition coefficient (Wildman–Crippen LogP) is 3.91. The molecule has 6 nitrogen and oxygen atoms in total. The van der Waals surface area contributed by atoms with Crippen LogP contribution in [0.3, 0.4) is 0 Å². The van der Waals surface area contributed by atoms with E-state index in [1.54, 1.807) is 19.0 Å². The van der Waals surface area contributed by atoms with Gasteiger partial charge >= 0.3 is 0 Å². The summed E-state index contributed by atoms with van der Waals surface area (Å²) in [6, 6.07) is 17.2. The van der Waals surface area contributed by atoms with Crippen LogP contribution in [0.15, 0.2) is 54.6 Å². The first-order chi connectivity index (χ1) is 14.8. The first kappa shape index (κ1) is 22.3. The maximum absolute atomic E-state index is 13.2. The smallest absolute Gasteiger partial charge is 0.254 e. The normalized spacial score (nSPS) is 10.7. The lowest BCUT2D eigenvalue weighted by Crippen LogP contribution is -2.30. The first-order valence-electron chi connectivity index (χ1n) is 10.5. The van der Waals surface area contributed by atoms with Gasteiger partial charge in [0.05, 0.1) is 12.2 Å². The van der Waals surface area contributed by atoms with E-state index >= 15 is 0 Å². The summed E-state index contributed by atoms with van der Waals surface area (Å²) in [6.07, 6.45) is 0. The number of carbonyl (C=O) groups is 2. The van der Waals surface area contributed by atoms with Gasteiger partial charge in [-0.2, -0.15) is 5.10 Å². The van der Waals surface area contributed by atoms with Crippen LogP contribution in [0, 0.1) is 13.8 Å². The molecular weight excluding hydrogens is 388 g/mol. The van der Waals surface area contributed by atoms with Crippen molar-refractivity contribution in [2.24, 2.45) is 0 Å². The summed E-state index contributed by atoms with van der Waals surface area (Å²) in [6.45, 7) is 7.71. The number of carbonyl (C=O) groups excluding carboxylic acids is 2. The molecule has 6 heteroatoms. The zero-order chi connectivity index (χ0) is 22.5. The van der Waals surface area contributed by atoms with Gasteiger partial charge in [0.2, 0.25) is 0 Å². The fraction of sp³-hybridized carbons (Fsp3) is 0.320. The fourth-order valence-corrected chi connectivity index (χ4v) is 3.55. The lowest BCUT2D eigenvalue weighted by Gasteiger charge is -2.22. The summed E-state index contributed by atoms with van der Waals surface area (Å²) in [5.41, 5.74) is 5.42. The van der Waals surface area contributed by atoms with Crippen LogP contribution in [-0.2, 0) is 13.1 Å². The molecule has 31 heavy (non-hydrogen) atoms. The minimum Gasteiger partial charge on any atom is -0.345 e. The van der Waals surface area contributed by atoms with Crippen molar-refractivity contribution in [3.63, 3.8) is 0 Å². The molecule has 2 aromatic carbocycles. The third kappa shape index (κ3) is 5.40. The van der Waals surface area contributed by atoms with E-state index < -0.39 is 0 Å². The van der Waals surface area contributed by atoms with Gasteiger partial charge in [-0.3, -0.25) is 14.3 Å². The third-order valence-electron chi connectivity index (χ3n) is 5.26. The Kier molecular flexibility index (Phi) is 6.90. The average molecular weight is 419 g/mol. The fourth-order valence-electron chi connectivity index (χ4n) is 3.55. The van der Waals surface area contributed by atoms with E-state index in [0.717, 1.165) is 22.5 Å². The van der Waals surface area contributed by atoms with E-state index in [1.807, 2.05) is 85.0 Å². The molecule has 0 aliphatic rings. The van der Waals surface area contributed by atoms with Crippen LogP contribution in [0.25, 0.3) is 0 Å². The van der Waals surface area contributed by atoms with Crippen molar-refractivity contribution >= 4 is 11.8 Å². The number of aromatic nitrogens is 2. The molecule has 0 aliphatic carbocycles. The molecule has 0 spiro atoms. The summed E-state index contributed by atoms with van der Waals surface area (Å²) in [5, 5.41) is 4.51. The number of nitrogens with zero attached hydrogens (tertiary/aromatic N) is 4. The molecule has 3 rings (SSSR count). The third-order valence-corrected chi connectivity index (χ3v) is 5.26. The maximum atomic E-state index is 13.2. The summed E-state index contributed by atoms with van der Waals surface area (Å²) < 4.78 is 1.95. The first-order valence-corrected chi connectivity index (χ1v) is 10.5. The zero-order valence-corrected chi connectivity index (χ0v) is 18.9. The Morgan fingerprint density at radius 3 is 2.19 bits per heavy atom. The van der Waals surface area contributed by atoms with Crippen molar-refractivity contribution in [3.8, 4) is 0 Å². The van der Waals surface area contributed by atoms with E-state index in [2.05, 4.69) is 5.10 Å². The van der Waals surface area contributed by atoms with E-state index in [-0.39, 0.29) is 11.8 Å². The molecule has 1 aromatic heterocycles. The quantitative estimate of drug-likeness (QED) is 0.584. The van der Waals surface area contributed by atoms with Gasteiger partial charge in [-0.1, -0.05) is 24.3 Å². The molecule has 2 amide bonds.